The smallest absolute Gasteiger partial charge is 0.250 e. The van der Waals surface area contributed by atoms with Gasteiger partial charge in [0, 0.05) is 18.0 Å². The molecule has 1 fully saturated rings. The standard InChI is InChI=1S/C19H24N4O5S2/c1-8-12(15(19(27)28)23-14(8)13(9(2)24)16(23)26)11-6-22-7-21(5-10(25)4-20)17(29-3)18(22)30-11/h6-10,13-14,24-25H,4-5,20H2,1-3H3/t8-,9?,10-,13-,14-/m1/s1. The Morgan fingerprint density at radius 2 is 2.17 bits per heavy atom. The zero-order chi connectivity index (χ0) is 21.9. The van der Waals surface area contributed by atoms with Crippen LogP contribution in [0.5, 0.6) is 0 Å². The van der Waals surface area contributed by atoms with E-state index in [4.69, 9.17) is 5.73 Å². The molecule has 0 radical (unpaired) electrons. The topological polar surface area (TPSA) is 136 Å². The number of amides is 1. The van der Waals surface area contributed by atoms with Gasteiger partial charge in [0.25, 0.3) is 6.33 Å². The van der Waals surface area contributed by atoms with Crippen LogP contribution in [0.15, 0.2) is 23.2 Å². The van der Waals surface area contributed by atoms with Crippen molar-refractivity contribution in [1.82, 2.24) is 9.47 Å². The summed E-state index contributed by atoms with van der Waals surface area (Å²) in [6.07, 6.45) is 4.11. The van der Waals surface area contributed by atoms with Crippen molar-refractivity contribution in [2.24, 2.45) is 17.6 Å². The van der Waals surface area contributed by atoms with Gasteiger partial charge in [-0.3, -0.25) is 4.79 Å². The lowest BCUT2D eigenvalue weighted by Gasteiger charge is -2.47. The van der Waals surface area contributed by atoms with Crippen LogP contribution in [0.3, 0.4) is 0 Å². The maximum atomic E-state index is 12.5. The number of hydrogen-bond acceptors (Lipinski definition) is 8. The highest BCUT2D eigenvalue weighted by Crippen LogP contribution is 2.51. The van der Waals surface area contributed by atoms with E-state index in [0.717, 1.165) is 14.7 Å². The number of imidazole rings is 1. The highest BCUT2D eigenvalue weighted by atomic mass is 32.2. The summed E-state index contributed by atoms with van der Waals surface area (Å²) in [6, 6.07) is -0.383. The van der Waals surface area contributed by atoms with Crippen LogP contribution in [0.4, 0.5) is 0 Å². The van der Waals surface area contributed by atoms with E-state index < -0.39 is 24.1 Å². The van der Waals surface area contributed by atoms with E-state index in [0.29, 0.717) is 12.1 Å². The Bertz CT molecular complexity index is 1060. The molecule has 162 valence electrons. The van der Waals surface area contributed by atoms with Crippen LogP contribution in [0.25, 0.3) is 10.4 Å². The highest BCUT2D eigenvalue weighted by molar-refractivity contribution is 7.98. The lowest BCUT2D eigenvalue weighted by Crippen LogP contribution is -2.64. The first-order valence-electron chi connectivity index (χ1n) is 9.64. The fourth-order valence-corrected chi connectivity index (χ4v) is 6.77. The predicted molar refractivity (Wildman–Crippen MR) is 109 cm³/mol. The van der Waals surface area contributed by atoms with E-state index in [-0.39, 0.29) is 30.1 Å². The second-order valence-electron chi connectivity index (χ2n) is 7.78. The molecule has 5 atom stereocenters. The van der Waals surface area contributed by atoms with Crippen molar-refractivity contribution in [2.45, 2.75) is 43.7 Å². The average molecular weight is 453 g/mol. The highest BCUT2D eigenvalue weighted by Gasteiger charge is 2.59. The Morgan fingerprint density at radius 1 is 1.47 bits per heavy atom. The number of nitrogens with two attached hydrogens (primary N) is 1. The Labute approximate surface area is 181 Å². The number of rotatable bonds is 7. The van der Waals surface area contributed by atoms with E-state index in [1.54, 1.807) is 6.92 Å². The van der Waals surface area contributed by atoms with Gasteiger partial charge in [0.1, 0.15) is 18.8 Å². The molecule has 1 amide bonds. The van der Waals surface area contributed by atoms with Crippen molar-refractivity contribution in [3.05, 3.63) is 23.1 Å². The summed E-state index contributed by atoms with van der Waals surface area (Å²) in [6.45, 7) is 3.95. The summed E-state index contributed by atoms with van der Waals surface area (Å²) in [7, 11) is 0. The largest absolute Gasteiger partial charge is 0.543 e. The van der Waals surface area contributed by atoms with Crippen molar-refractivity contribution in [2.75, 3.05) is 12.8 Å². The number of aromatic nitrogens is 2. The minimum Gasteiger partial charge on any atom is -0.543 e. The van der Waals surface area contributed by atoms with Crippen LogP contribution < -0.4 is 15.2 Å². The first-order valence-corrected chi connectivity index (χ1v) is 11.7. The van der Waals surface area contributed by atoms with Gasteiger partial charge < -0.3 is 30.7 Å². The summed E-state index contributed by atoms with van der Waals surface area (Å²) in [5, 5.41) is 32.8. The van der Waals surface area contributed by atoms with Crippen LogP contribution in [-0.4, -0.2) is 62.6 Å². The molecule has 2 aliphatic rings. The second-order valence-corrected chi connectivity index (χ2v) is 9.60. The van der Waals surface area contributed by atoms with Crippen LogP contribution in [0.1, 0.15) is 18.7 Å². The molecule has 0 aromatic carbocycles. The molecule has 1 saturated heterocycles. The number of carbonyl (C=O) groups is 2. The third-order valence-corrected chi connectivity index (χ3v) is 8.00. The van der Waals surface area contributed by atoms with Crippen molar-refractivity contribution in [3.63, 3.8) is 0 Å². The Hall–Kier alpha value is -1.92. The number of aliphatic hydroxyl groups is 2. The molecule has 2 aromatic rings. The molecule has 0 spiro atoms. The number of thiazole rings is 1. The van der Waals surface area contributed by atoms with Gasteiger partial charge in [-0.05, 0) is 13.2 Å². The lowest BCUT2D eigenvalue weighted by molar-refractivity contribution is -0.508. The number of hydrogen-bond donors (Lipinski definition) is 3. The summed E-state index contributed by atoms with van der Waals surface area (Å²) >= 11 is 2.95. The quantitative estimate of drug-likeness (QED) is 0.268. The molecule has 0 bridgehead atoms. The van der Waals surface area contributed by atoms with Gasteiger partial charge >= 0.3 is 0 Å². The zero-order valence-electron chi connectivity index (χ0n) is 16.8. The van der Waals surface area contributed by atoms with Crippen molar-refractivity contribution < 1.29 is 29.3 Å². The van der Waals surface area contributed by atoms with E-state index in [1.165, 1.54) is 28.0 Å². The van der Waals surface area contributed by atoms with Crippen LogP contribution in [0, 0.1) is 11.8 Å². The summed E-state index contributed by atoms with van der Waals surface area (Å²) in [5.41, 5.74) is 5.99. The Morgan fingerprint density at radius 3 is 2.73 bits per heavy atom. The monoisotopic (exact) mass is 452 g/mol. The second kappa shape index (κ2) is 7.65. The molecule has 2 aromatic heterocycles. The number of aliphatic carboxylic acids is 1. The molecular formula is C19H24N4O5S2. The number of carboxylic acid groups (broad SMARTS) is 1. The number of aliphatic hydroxyl groups excluding tert-OH is 2. The summed E-state index contributed by atoms with van der Waals surface area (Å²) in [5.74, 6) is -2.62. The van der Waals surface area contributed by atoms with E-state index in [1.807, 2.05) is 34.7 Å². The van der Waals surface area contributed by atoms with E-state index in [2.05, 4.69) is 0 Å². The first kappa shape index (κ1) is 21.3. The molecule has 11 heteroatoms. The average Bonchev–Trinajstić information content (AvgIpc) is 3.28. The number of thioether (sulfide) groups is 1. The van der Waals surface area contributed by atoms with Gasteiger partial charge in [0.15, 0.2) is 0 Å². The Balaban J connectivity index is 1.79. The maximum absolute atomic E-state index is 12.5. The Kier molecular flexibility index (Phi) is 5.43. The summed E-state index contributed by atoms with van der Waals surface area (Å²) in [4.78, 5) is 27.4. The van der Waals surface area contributed by atoms with Gasteiger partial charge in [-0.15, -0.1) is 0 Å². The zero-order valence-corrected chi connectivity index (χ0v) is 18.4. The molecule has 9 nitrogen and oxygen atoms in total. The van der Waals surface area contributed by atoms with Gasteiger partial charge in [0.05, 0.1) is 34.6 Å². The number of carbonyl (C=O) groups excluding carboxylic acids is 2. The molecular weight excluding hydrogens is 428 g/mol. The minimum absolute atomic E-state index is 0.101. The fraction of sp³-hybridized carbons (Fsp3) is 0.526. The van der Waals surface area contributed by atoms with Crippen molar-refractivity contribution in [3.8, 4) is 0 Å². The van der Waals surface area contributed by atoms with Gasteiger partial charge in [-0.25, -0.2) is 4.57 Å². The third kappa shape index (κ3) is 2.99. The molecule has 4 heterocycles. The van der Waals surface area contributed by atoms with Crippen LogP contribution in [-0.2, 0) is 16.1 Å². The van der Waals surface area contributed by atoms with E-state index >= 15 is 0 Å². The van der Waals surface area contributed by atoms with Crippen molar-refractivity contribution >= 4 is 45.4 Å². The molecule has 4 rings (SSSR count). The minimum atomic E-state index is -1.39. The van der Waals surface area contributed by atoms with Gasteiger partial charge in [0.2, 0.25) is 15.8 Å². The third-order valence-electron chi connectivity index (χ3n) is 5.91. The number of fused-ring (bicyclic) bond motifs is 2. The number of β-lactam (4-membered cyclic amide) rings is 1. The maximum Gasteiger partial charge on any atom is 0.250 e. The molecule has 0 saturated carbocycles. The lowest BCUT2D eigenvalue weighted by atomic mass is 9.77. The van der Waals surface area contributed by atoms with Gasteiger partial charge in [-0.1, -0.05) is 30.0 Å². The van der Waals surface area contributed by atoms with Gasteiger partial charge in [-0.2, -0.15) is 4.40 Å². The molecule has 1 unspecified atom stereocenters. The molecule has 0 aliphatic carbocycles. The molecule has 4 N–H and O–H groups in total. The van der Waals surface area contributed by atoms with Crippen LogP contribution in [0.2, 0.25) is 0 Å². The van der Waals surface area contributed by atoms with E-state index in [9.17, 15) is 24.9 Å². The summed E-state index contributed by atoms with van der Waals surface area (Å²) < 4.78 is 3.81. The molecule has 30 heavy (non-hydrogen) atoms. The molecule has 2 aliphatic heterocycles. The first-order chi connectivity index (χ1) is 14.2. The SMILES string of the molecule is CSc1c2sc(C3=C(C(=O)[O-])N4C(=O)[C@H](C(C)O)[C@H]4[C@@H]3C)c[n+]2cn1C[C@H](O)CN. The number of nitrogens with zero attached hydrogens (tertiary/aromatic N) is 3. The van der Waals surface area contributed by atoms with Crippen LogP contribution >= 0.6 is 23.1 Å². The van der Waals surface area contributed by atoms with Crippen molar-refractivity contribution in [1.29, 1.82) is 0 Å². The predicted octanol–water partition coefficient (Wildman–Crippen LogP) is -1.35. The normalized spacial score (nSPS) is 25.6. The number of carboxylic acids is 1. The fourth-order valence-electron chi connectivity index (χ4n) is 4.58.